The molecule has 1 aliphatic heterocycles. The first-order valence-corrected chi connectivity index (χ1v) is 6.84. The largest absolute Gasteiger partial charge is 0.356 e. The standard InChI is InChI=1S/C13H22N2O/c16-13(11-7-9-6-10(9)8-11)15-5-3-12-2-1-4-14-12/h9-12,14H,1-8H2,(H,15,16)/t9?,10?,11?,12-/m1/s1. The van der Waals surface area contributed by atoms with E-state index < -0.39 is 0 Å². The number of hydrogen-bond acceptors (Lipinski definition) is 2. The molecule has 3 atom stereocenters. The van der Waals surface area contributed by atoms with Crippen molar-refractivity contribution in [1.29, 1.82) is 0 Å². The minimum atomic E-state index is 0.324. The summed E-state index contributed by atoms with van der Waals surface area (Å²) in [4.78, 5) is 11.9. The molecule has 1 saturated heterocycles. The summed E-state index contributed by atoms with van der Waals surface area (Å²) in [6.45, 7) is 2.02. The third-order valence-corrected chi connectivity index (χ3v) is 4.57. The summed E-state index contributed by atoms with van der Waals surface area (Å²) < 4.78 is 0. The van der Waals surface area contributed by atoms with Gasteiger partial charge in [-0.2, -0.15) is 0 Å². The van der Waals surface area contributed by atoms with Crippen LogP contribution in [0.2, 0.25) is 0 Å². The molecule has 3 fully saturated rings. The second kappa shape index (κ2) is 4.36. The van der Waals surface area contributed by atoms with Gasteiger partial charge in [0.05, 0.1) is 0 Å². The van der Waals surface area contributed by atoms with Gasteiger partial charge in [0.1, 0.15) is 0 Å². The van der Waals surface area contributed by atoms with Crippen LogP contribution in [0.5, 0.6) is 0 Å². The van der Waals surface area contributed by atoms with Crippen molar-refractivity contribution in [3.05, 3.63) is 0 Å². The number of hydrogen-bond donors (Lipinski definition) is 2. The van der Waals surface area contributed by atoms with Crippen LogP contribution in [0, 0.1) is 17.8 Å². The Balaban J connectivity index is 1.33. The van der Waals surface area contributed by atoms with Crippen LogP contribution >= 0.6 is 0 Å². The normalized spacial score (nSPS) is 40.8. The van der Waals surface area contributed by atoms with E-state index >= 15 is 0 Å². The van der Waals surface area contributed by atoms with Gasteiger partial charge in [0.2, 0.25) is 5.91 Å². The molecule has 3 heteroatoms. The average molecular weight is 222 g/mol. The summed E-state index contributed by atoms with van der Waals surface area (Å²) >= 11 is 0. The third-order valence-electron chi connectivity index (χ3n) is 4.57. The molecule has 16 heavy (non-hydrogen) atoms. The fourth-order valence-corrected chi connectivity index (χ4v) is 3.45. The molecule has 0 aromatic rings. The first-order valence-electron chi connectivity index (χ1n) is 6.84. The summed E-state index contributed by atoms with van der Waals surface area (Å²) in [6, 6.07) is 0.650. The zero-order valence-electron chi connectivity index (χ0n) is 9.87. The minimum absolute atomic E-state index is 0.324. The average Bonchev–Trinajstić information content (AvgIpc) is 2.72. The maximum Gasteiger partial charge on any atom is 0.223 e. The highest BCUT2D eigenvalue weighted by Gasteiger charge is 2.47. The van der Waals surface area contributed by atoms with Crippen LogP contribution in [0.15, 0.2) is 0 Å². The summed E-state index contributed by atoms with van der Waals surface area (Å²) in [5.74, 6) is 2.49. The lowest BCUT2D eigenvalue weighted by molar-refractivity contribution is -0.125. The number of carbonyl (C=O) groups excluding carboxylic acids is 1. The van der Waals surface area contributed by atoms with Crippen LogP contribution in [-0.4, -0.2) is 25.0 Å². The topological polar surface area (TPSA) is 41.1 Å². The zero-order valence-corrected chi connectivity index (χ0v) is 9.87. The number of rotatable bonds is 4. The first-order chi connectivity index (χ1) is 7.83. The molecule has 2 saturated carbocycles. The molecule has 3 aliphatic rings. The second-order valence-corrected chi connectivity index (χ2v) is 5.80. The molecule has 0 radical (unpaired) electrons. The Bertz CT molecular complexity index is 263. The number of fused-ring (bicyclic) bond motifs is 1. The van der Waals surface area contributed by atoms with E-state index in [1.165, 1.54) is 19.3 Å². The van der Waals surface area contributed by atoms with Crippen LogP contribution in [0.3, 0.4) is 0 Å². The number of amides is 1. The quantitative estimate of drug-likeness (QED) is 0.752. The second-order valence-electron chi connectivity index (χ2n) is 5.80. The highest BCUT2D eigenvalue weighted by molar-refractivity contribution is 5.79. The molecule has 0 spiro atoms. The molecule has 0 aromatic heterocycles. The summed E-state index contributed by atoms with van der Waals surface area (Å²) in [5.41, 5.74) is 0. The van der Waals surface area contributed by atoms with E-state index in [1.54, 1.807) is 0 Å². The van der Waals surface area contributed by atoms with Gasteiger partial charge < -0.3 is 10.6 Å². The Morgan fingerprint density at radius 2 is 2.06 bits per heavy atom. The van der Waals surface area contributed by atoms with Crippen molar-refractivity contribution in [2.45, 2.75) is 44.6 Å². The molecular weight excluding hydrogens is 200 g/mol. The van der Waals surface area contributed by atoms with Gasteiger partial charge in [0.25, 0.3) is 0 Å². The van der Waals surface area contributed by atoms with Crippen LogP contribution in [0.1, 0.15) is 38.5 Å². The predicted molar refractivity (Wildman–Crippen MR) is 63.0 cm³/mol. The molecule has 2 unspecified atom stereocenters. The van der Waals surface area contributed by atoms with Gasteiger partial charge in [-0.1, -0.05) is 0 Å². The van der Waals surface area contributed by atoms with Crippen molar-refractivity contribution < 1.29 is 4.79 Å². The molecule has 0 aromatic carbocycles. The van der Waals surface area contributed by atoms with Gasteiger partial charge in [0.15, 0.2) is 0 Å². The molecule has 1 amide bonds. The van der Waals surface area contributed by atoms with Gasteiger partial charge in [-0.05, 0) is 56.9 Å². The van der Waals surface area contributed by atoms with Crippen molar-refractivity contribution >= 4 is 5.91 Å². The lowest BCUT2D eigenvalue weighted by Crippen LogP contribution is -2.34. The van der Waals surface area contributed by atoms with Crippen molar-refractivity contribution in [3.8, 4) is 0 Å². The molecule has 0 bridgehead atoms. The predicted octanol–water partition coefficient (Wildman–Crippen LogP) is 1.29. The summed E-state index contributed by atoms with van der Waals surface area (Å²) in [5, 5.41) is 6.58. The SMILES string of the molecule is O=C(NCC[C@H]1CCCN1)C1CC2CC2C1. The highest BCUT2D eigenvalue weighted by atomic mass is 16.1. The smallest absolute Gasteiger partial charge is 0.223 e. The van der Waals surface area contributed by atoms with Crippen LogP contribution in [0.4, 0.5) is 0 Å². The van der Waals surface area contributed by atoms with E-state index in [4.69, 9.17) is 0 Å². The molecule has 1 heterocycles. The van der Waals surface area contributed by atoms with E-state index in [2.05, 4.69) is 10.6 Å². The molecule has 2 N–H and O–H groups in total. The molecule has 3 rings (SSSR count). The minimum Gasteiger partial charge on any atom is -0.356 e. The van der Waals surface area contributed by atoms with E-state index in [1.807, 2.05) is 0 Å². The molecule has 2 aliphatic carbocycles. The lowest BCUT2D eigenvalue weighted by Gasteiger charge is -2.14. The fourth-order valence-electron chi connectivity index (χ4n) is 3.45. The van der Waals surface area contributed by atoms with Gasteiger partial charge in [-0.3, -0.25) is 4.79 Å². The molecular formula is C13H22N2O. The maximum absolute atomic E-state index is 11.9. The van der Waals surface area contributed by atoms with E-state index in [0.717, 1.165) is 44.2 Å². The Hall–Kier alpha value is -0.570. The third kappa shape index (κ3) is 2.24. The Labute approximate surface area is 97.4 Å². The van der Waals surface area contributed by atoms with E-state index in [-0.39, 0.29) is 0 Å². The van der Waals surface area contributed by atoms with Crippen LogP contribution in [0.25, 0.3) is 0 Å². The van der Waals surface area contributed by atoms with Gasteiger partial charge in [0, 0.05) is 18.5 Å². The Morgan fingerprint density at radius 1 is 1.25 bits per heavy atom. The van der Waals surface area contributed by atoms with Crippen molar-refractivity contribution in [1.82, 2.24) is 10.6 Å². The van der Waals surface area contributed by atoms with E-state index in [9.17, 15) is 4.79 Å². The summed E-state index contributed by atoms with van der Waals surface area (Å²) in [7, 11) is 0. The fraction of sp³-hybridized carbons (Fsp3) is 0.923. The van der Waals surface area contributed by atoms with Gasteiger partial charge >= 0.3 is 0 Å². The summed E-state index contributed by atoms with van der Waals surface area (Å²) in [6.07, 6.45) is 7.41. The van der Waals surface area contributed by atoms with E-state index in [0.29, 0.717) is 17.9 Å². The molecule has 90 valence electrons. The van der Waals surface area contributed by atoms with Crippen molar-refractivity contribution in [2.24, 2.45) is 17.8 Å². The van der Waals surface area contributed by atoms with Crippen LogP contribution < -0.4 is 10.6 Å². The maximum atomic E-state index is 11.9. The lowest BCUT2D eigenvalue weighted by atomic mass is 10.0. The van der Waals surface area contributed by atoms with Crippen molar-refractivity contribution in [3.63, 3.8) is 0 Å². The first kappa shape index (κ1) is 10.6. The van der Waals surface area contributed by atoms with Crippen LogP contribution in [-0.2, 0) is 4.79 Å². The Kier molecular flexibility index (Phi) is 2.88. The monoisotopic (exact) mass is 222 g/mol. The van der Waals surface area contributed by atoms with Gasteiger partial charge in [-0.15, -0.1) is 0 Å². The molecule has 3 nitrogen and oxygen atoms in total. The van der Waals surface area contributed by atoms with Gasteiger partial charge in [-0.25, -0.2) is 0 Å². The van der Waals surface area contributed by atoms with Crippen molar-refractivity contribution in [2.75, 3.05) is 13.1 Å². The number of carbonyl (C=O) groups is 1. The highest BCUT2D eigenvalue weighted by Crippen LogP contribution is 2.54. The Morgan fingerprint density at radius 3 is 2.75 bits per heavy atom. The number of nitrogens with one attached hydrogen (secondary N) is 2. The zero-order chi connectivity index (χ0) is 11.0.